The van der Waals surface area contributed by atoms with Crippen LogP contribution in [0.3, 0.4) is 0 Å². The van der Waals surface area contributed by atoms with Gasteiger partial charge in [-0.15, -0.1) is 11.6 Å². The monoisotopic (exact) mass is 178 g/mol. The Bertz CT molecular complexity index is 145. The smallest absolute Gasteiger partial charge is 0.331 e. The van der Waals surface area contributed by atoms with E-state index in [2.05, 4.69) is 6.58 Å². The second-order valence-corrected chi connectivity index (χ2v) is 2.34. The van der Waals surface area contributed by atoms with Crippen molar-refractivity contribution in [1.82, 2.24) is 0 Å². The molecule has 0 saturated carbocycles. The lowest BCUT2D eigenvalue weighted by atomic mass is 10.2. The summed E-state index contributed by atoms with van der Waals surface area (Å²) in [4.78, 5) is 10.2. The molecule has 0 radical (unpaired) electrons. The van der Waals surface area contributed by atoms with Gasteiger partial charge in [-0.25, -0.2) is 4.79 Å². The molecule has 0 aliphatic heterocycles. The van der Waals surface area contributed by atoms with Gasteiger partial charge in [0.1, 0.15) is 0 Å². The molecule has 0 saturated heterocycles. The SMILES string of the molecule is C=C(CCOCCCl)C(=O)O. The summed E-state index contributed by atoms with van der Waals surface area (Å²) in [5.41, 5.74) is 0.166. The quantitative estimate of drug-likeness (QED) is 0.379. The van der Waals surface area contributed by atoms with Crippen LogP contribution >= 0.6 is 11.6 Å². The Hall–Kier alpha value is -0.540. The first-order valence-corrected chi connectivity index (χ1v) is 3.76. The van der Waals surface area contributed by atoms with Crippen molar-refractivity contribution in [3.05, 3.63) is 12.2 Å². The molecule has 4 heteroatoms. The molecule has 0 rings (SSSR count). The van der Waals surface area contributed by atoms with Gasteiger partial charge in [0.2, 0.25) is 0 Å². The number of rotatable bonds is 6. The van der Waals surface area contributed by atoms with Crippen molar-refractivity contribution < 1.29 is 14.6 Å². The maximum absolute atomic E-state index is 10.2. The van der Waals surface area contributed by atoms with Gasteiger partial charge in [-0.2, -0.15) is 0 Å². The highest BCUT2D eigenvalue weighted by Gasteiger charge is 2.02. The van der Waals surface area contributed by atoms with Crippen LogP contribution in [0, 0.1) is 0 Å². The molecule has 64 valence electrons. The van der Waals surface area contributed by atoms with Gasteiger partial charge in [-0.1, -0.05) is 6.58 Å². The maximum atomic E-state index is 10.2. The second-order valence-electron chi connectivity index (χ2n) is 1.96. The van der Waals surface area contributed by atoms with Gasteiger partial charge < -0.3 is 9.84 Å². The van der Waals surface area contributed by atoms with Crippen molar-refractivity contribution in [3.8, 4) is 0 Å². The van der Waals surface area contributed by atoms with Crippen molar-refractivity contribution in [2.45, 2.75) is 6.42 Å². The molecule has 0 aromatic heterocycles. The summed E-state index contributed by atoms with van der Waals surface area (Å²) in [6.07, 6.45) is 0.353. The van der Waals surface area contributed by atoms with Gasteiger partial charge in [-0.3, -0.25) is 0 Å². The van der Waals surface area contributed by atoms with E-state index in [4.69, 9.17) is 21.4 Å². The highest BCUT2D eigenvalue weighted by molar-refractivity contribution is 6.17. The van der Waals surface area contributed by atoms with Crippen LogP contribution in [0.4, 0.5) is 0 Å². The number of halogens is 1. The summed E-state index contributed by atoms with van der Waals surface area (Å²) in [5.74, 6) is -0.543. The van der Waals surface area contributed by atoms with E-state index in [0.29, 0.717) is 25.5 Å². The molecule has 0 amide bonds. The van der Waals surface area contributed by atoms with Crippen molar-refractivity contribution >= 4 is 17.6 Å². The molecular formula is C7H11ClO3. The van der Waals surface area contributed by atoms with Crippen molar-refractivity contribution in [2.75, 3.05) is 19.1 Å². The molecule has 0 unspecified atom stereocenters. The van der Waals surface area contributed by atoms with Gasteiger partial charge in [-0.05, 0) is 0 Å². The average Bonchev–Trinajstić information content (AvgIpc) is 1.97. The van der Waals surface area contributed by atoms with Crippen LogP contribution in [0.5, 0.6) is 0 Å². The first kappa shape index (κ1) is 10.5. The fourth-order valence-corrected chi connectivity index (χ4v) is 0.568. The lowest BCUT2D eigenvalue weighted by Crippen LogP contribution is -2.04. The highest BCUT2D eigenvalue weighted by atomic mass is 35.5. The van der Waals surface area contributed by atoms with E-state index in [9.17, 15) is 4.79 Å². The number of hydrogen-bond acceptors (Lipinski definition) is 2. The molecule has 11 heavy (non-hydrogen) atoms. The lowest BCUT2D eigenvalue weighted by molar-refractivity contribution is -0.132. The molecule has 0 atom stereocenters. The Kier molecular flexibility index (Phi) is 5.88. The minimum atomic E-state index is -0.973. The number of ether oxygens (including phenoxy) is 1. The topological polar surface area (TPSA) is 46.5 Å². The molecule has 0 aliphatic carbocycles. The predicted octanol–water partition coefficient (Wildman–Crippen LogP) is 1.27. The first-order chi connectivity index (χ1) is 5.18. The summed E-state index contributed by atoms with van der Waals surface area (Å²) < 4.78 is 4.95. The lowest BCUT2D eigenvalue weighted by Gasteiger charge is -2.00. The van der Waals surface area contributed by atoms with E-state index in [-0.39, 0.29) is 5.57 Å². The molecule has 0 spiro atoms. The normalized spacial score (nSPS) is 9.55. The third-order valence-electron chi connectivity index (χ3n) is 1.07. The molecule has 0 aromatic carbocycles. The molecule has 0 aliphatic rings. The summed E-state index contributed by atoms with van der Waals surface area (Å²) in [5, 5.41) is 8.36. The van der Waals surface area contributed by atoms with E-state index >= 15 is 0 Å². The Labute approximate surface area is 70.6 Å². The molecule has 3 nitrogen and oxygen atoms in total. The molecule has 0 heterocycles. The van der Waals surface area contributed by atoms with Crippen LogP contribution in [0.1, 0.15) is 6.42 Å². The zero-order valence-corrected chi connectivity index (χ0v) is 6.93. The number of carboxylic acids is 1. The van der Waals surface area contributed by atoms with Crippen LogP contribution in [0.15, 0.2) is 12.2 Å². The number of carboxylic acid groups (broad SMARTS) is 1. The van der Waals surface area contributed by atoms with Gasteiger partial charge in [0.15, 0.2) is 0 Å². The van der Waals surface area contributed by atoms with Crippen LogP contribution in [0.25, 0.3) is 0 Å². The van der Waals surface area contributed by atoms with Crippen LogP contribution in [0.2, 0.25) is 0 Å². The van der Waals surface area contributed by atoms with Gasteiger partial charge >= 0.3 is 5.97 Å². The number of carbonyl (C=O) groups is 1. The predicted molar refractivity (Wildman–Crippen MR) is 42.9 cm³/mol. The Morgan fingerprint density at radius 2 is 2.18 bits per heavy atom. The van der Waals surface area contributed by atoms with Gasteiger partial charge in [0.05, 0.1) is 13.2 Å². The molecule has 0 aromatic rings. The van der Waals surface area contributed by atoms with Crippen LogP contribution in [-0.2, 0) is 9.53 Å². The summed E-state index contributed by atoms with van der Waals surface area (Å²) >= 11 is 5.32. The number of aliphatic carboxylic acids is 1. The van der Waals surface area contributed by atoms with Crippen LogP contribution < -0.4 is 0 Å². The zero-order chi connectivity index (χ0) is 8.69. The zero-order valence-electron chi connectivity index (χ0n) is 6.18. The maximum Gasteiger partial charge on any atom is 0.331 e. The Morgan fingerprint density at radius 1 is 1.55 bits per heavy atom. The largest absolute Gasteiger partial charge is 0.478 e. The van der Waals surface area contributed by atoms with Crippen molar-refractivity contribution in [3.63, 3.8) is 0 Å². The third-order valence-corrected chi connectivity index (χ3v) is 1.23. The summed E-state index contributed by atoms with van der Waals surface area (Å²) in [6, 6.07) is 0. The van der Waals surface area contributed by atoms with Crippen molar-refractivity contribution in [2.24, 2.45) is 0 Å². The fourth-order valence-electron chi connectivity index (χ4n) is 0.459. The minimum absolute atomic E-state index is 0.166. The number of hydrogen-bond donors (Lipinski definition) is 1. The average molecular weight is 179 g/mol. The second kappa shape index (κ2) is 6.19. The fraction of sp³-hybridized carbons (Fsp3) is 0.571. The van der Waals surface area contributed by atoms with Gasteiger partial charge in [0.25, 0.3) is 0 Å². The molecular weight excluding hydrogens is 168 g/mol. The van der Waals surface area contributed by atoms with Crippen LogP contribution in [-0.4, -0.2) is 30.2 Å². The van der Waals surface area contributed by atoms with E-state index < -0.39 is 5.97 Å². The Balaban J connectivity index is 3.25. The Morgan fingerprint density at radius 3 is 2.64 bits per heavy atom. The van der Waals surface area contributed by atoms with Gasteiger partial charge in [0, 0.05) is 17.9 Å². The first-order valence-electron chi connectivity index (χ1n) is 3.23. The standard InChI is InChI=1S/C7H11ClO3/c1-6(7(9)10)2-4-11-5-3-8/h1-5H2,(H,9,10). The van der Waals surface area contributed by atoms with E-state index in [0.717, 1.165) is 0 Å². The highest BCUT2D eigenvalue weighted by Crippen LogP contribution is 1.97. The van der Waals surface area contributed by atoms with E-state index in [1.54, 1.807) is 0 Å². The van der Waals surface area contributed by atoms with E-state index in [1.165, 1.54) is 0 Å². The summed E-state index contributed by atoms with van der Waals surface area (Å²) in [7, 11) is 0. The van der Waals surface area contributed by atoms with Crippen molar-refractivity contribution in [1.29, 1.82) is 0 Å². The van der Waals surface area contributed by atoms with E-state index in [1.807, 2.05) is 0 Å². The molecule has 1 N–H and O–H groups in total. The summed E-state index contributed by atoms with van der Waals surface area (Å²) in [6.45, 7) is 4.17. The minimum Gasteiger partial charge on any atom is -0.478 e. The third kappa shape index (κ3) is 5.88. The molecule has 0 fully saturated rings. The number of alkyl halides is 1. The molecule has 0 bridgehead atoms.